The summed E-state index contributed by atoms with van der Waals surface area (Å²) in [6.07, 6.45) is 2.95. The molecule has 1 N–H and O–H groups in total. The maximum absolute atomic E-state index is 11.0. The molecule has 1 aromatic rings. The quantitative estimate of drug-likeness (QED) is 0.861. The molecule has 108 valence electrons. The van der Waals surface area contributed by atoms with Crippen molar-refractivity contribution in [3.8, 4) is 11.5 Å². The second-order valence-corrected chi connectivity index (χ2v) is 5.64. The van der Waals surface area contributed by atoms with Crippen molar-refractivity contribution in [3.05, 3.63) is 29.3 Å². The van der Waals surface area contributed by atoms with Crippen LogP contribution >= 0.6 is 0 Å². The van der Waals surface area contributed by atoms with Gasteiger partial charge in [-0.15, -0.1) is 0 Å². The average molecular weight is 276 g/mol. The third-order valence-corrected chi connectivity index (χ3v) is 3.92. The Hall–Kier alpha value is -1.97. The van der Waals surface area contributed by atoms with Gasteiger partial charge in [-0.1, -0.05) is 13.8 Å². The molecule has 20 heavy (non-hydrogen) atoms. The topological polar surface area (TPSA) is 55.8 Å². The van der Waals surface area contributed by atoms with Gasteiger partial charge in [-0.3, -0.25) is 0 Å². The van der Waals surface area contributed by atoms with Gasteiger partial charge in [0.1, 0.15) is 0 Å². The number of allylic oxidation sites excluding steroid dienone is 1. The lowest BCUT2D eigenvalue weighted by molar-refractivity contribution is -0.131. The van der Waals surface area contributed by atoms with E-state index in [9.17, 15) is 4.79 Å². The second kappa shape index (κ2) is 5.19. The number of methoxy groups -OCH3 is 2. The van der Waals surface area contributed by atoms with Crippen LogP contribution < -0.4 is 9.47 Å². The van der Waals surface area contributed by atoms with Crippen LogP contribution in [0.2, 0.25) is 0 Å². The highest BCUT2D eigenvalue weighted by molar-refractivity contribution is 5.91. The fraction of sp³-hybridized carbons (Fsp3) is 0.438. The van der Waals surface area contributed by atoms with Crippen LogP contribution in [0.15, 0.2) is 18.2 Å². The van der Waals surface area contributed by atoms with E-state index in [4.69, 9.17) is 14.6 Å². The molecule has 0 saturated heterocycles. The molecule has 1 aliphatic carbocycles. The minimum atomic E-state index is -0.916. The van der Waals surface area contributed by atoms with Gasteiger partial charge in [0.2, 0.25) is 0 Å². The van der Waals surface area contributed by atoms with E-state index >= 15 is 0 Å². The Kier molecular flexibility index (Phi) is 3.75. The fourth-order valence-corrected chi connectivity index (χ4v) is 2.72. The normalized spacial score (nSPS) is 18.5. The number of carbonyl (C=O) groups is 1. The van der Waals surface area contributed by atoms with E-state index in [1.54, 1.807) is 14.2 Å². The van der Waals surface area contributed by atoms with E-state index in [1.165, 1.54) is 6.08 Å². The van der Waals surface area contributed by atoms with Crippen LogP contribution in [0.3, 0.4) is 0 Å². The molecule has 0 radical (unpaired) electrons. The first-order valence-electron chi connectivity index (χ1n) is 6.59. The lowest BCUT2D eigenvalue weighted by Gasteiger charge is -2.34. The van der Waals surface area contributed by atoms with Crippen LogP contribution in [0, 0.1) is 0 Å². The predicted molar refractivity (Wildman–Crippen MR) is 77.4 cm³/mol. The molecule has 1 aromatic carbocycles. The zero-order valence-corrected chi connectivity index (χ0v) is 12.3. The van der Waals surface area contributed by atoms with E-state index < -0.39 is 5.97 Å². The number of hydrogen-bond acceptors (Lipinski definition) is 3. The van der Waals surface area contributed by atoms with Gasteiger partial charge in [-0.25, -0.2) is 4.79 Å². The molecule has 0 bridgehead atoms. The van der Waals surface area contributed by atoms with Gasteiger partial charge >= 0.3 is 5.97 Å². The number of ether oxygens (including phenoxy) is 2. The molecule has 0 fully saturated rings. The Morgan fingerprint density at radius 3 is 2.40 bits per heavy atom. The SMILES string of the molecule is COc1cc2c(cc1OC)C(C)(C)CC/C2=C\C(=O)O. The molecule has 0 amide bonds. The van der Waals surface area contributed by atoms with Gasteiger partial charge in [0.05, 0.1) is 14.2 Å². The Bertz CT molecular complexity index is 570. The van der Waals surface area contributed by atoms with Gasteiger partial charge in [0.15, 0.2) is 11.5 Å². The van der Waals surface area contributed by atoms with E-state index in [0.717, 1.165) is 29.5 Å². The molecule has 4 heteroatoms. The van der Waals surface area contributed by atoms with Crippen molar-refractivity contribution in [1.29, 1.82) is 0 Å². The van der Waals surface area contributed by atoms with E-state index in [0.29, 0.717) is 11.5 Å². The predicted octanol–water partition coefficient (Wildman–Crippen LogP) is 3.24. The number of aliphatic carboxylic acids is 1. The molecule has 0 spiro atoms. The van der Waals surface area contributed by atoms with E-state index in [2.05, 4.69) is 13.8 Å². The maximum atomic E-state index is 11.0. The van der Waals surface area contributed by atoms with Crippen LogP contribution in [0.1, 0.15) is 37.8 Å². The lowest BCUT2D eigenvalue weighted by Crippen LogP contribution is -2.23. The van der Waals surface area contributed by atoms with E-state index in [1.807, 2.05) is 12.1 Å². The van der Waals surface area contributed by atoms with Crippen molar-refractivity contribution < 1.29 is 19.4 Å². The maximum Gasteiger partial charge on any atom is 0.328 e. The molecule has 2 rings (SSSR count). The average Bonchev–Trinajstić information content (AvgIpc) is 2.40. The number of rotatable bonds is 3. The van der Waals surface area contributed by atoms with Gasteiger partial charge < -0.3 is 14.6 Å². The first kappa shape index (κ1) is 14.4. The molecule has 0 unspecified atom stereocenters. The summed E-state index contributed by atoms with van der Waals surface area (Å²) in [7, 11) is 3.19. The zero-order valence-electron chi connectivity index (χ0n) is 12.3. The highest BCUT2D eigenvalue weighted by Gasteiger charge is 2.31. The van der Waals surface area contributed by atoms with Gasteiger partial charge in [-0.05, 0) is 47.1 Å². The highest BCUT2D eigenvalue weighted by atomic mass is 16.5. The molecule has 1 aliphatic rings. The molecular weight excluding hydrogens is 256 g/mol. The molecule has 0 heterocycles. The van der Waals surface area contributed by atoms with E-state index in [-0.39, 0.29) is 5.41 Å². The van der Waals surface area contributed by atoms with Crippen molar-refractivity contribution in [2.24, 2.45) is 0 Å². The molecule has 0 atom stereocenters. The van der Waals surface area contributed by atoms with Crippen LogP contribution in [0.4, 0.5) is 0 Å². The number of carboxylic acid groups (broad SMARTS) is 1. The molecular formula is C16H20O4. The Morgan fingerprint density at radius 2 is 1.85 bits per heavy atom. The summed E-state index contributed by atoms with van der Waals surface area (Å²) in [6, 6.07) is 3.84. The first-order chi connectivity index (χ1) is 9.39. The third kappa shape index (κ3) is 2.50. The number of carboxylic acids is 1. The Balaban J connectivity index is 2.67. The monoisotopic (exact) mass is 276 g/mol. The summed E-state index contributed by atoms with van der Waals surface area (Å²) in [5.74, 6) is 0.386. The van der Waals surface area contributed by atoms with Gasteiger partial charge in [0.25, 0.3) is 0 Å². The minimum absolute atomic E-state index is 0.00920. The van der Waals surface area contributed by atoms with Crippen molar-refractivity contribution in [3.63, 3.8) is 0 Å². The second-order valence-electron chi connectivity index (χ2n) is 5.64. The number of hydrogen-bond donors (Lipinski definition) is 1. The van der Waals surface area contributed by atoms with Crippen molar-refractivity contribution in [2.45, 2.75) is 32.1 Å². The Morgan fingerprint density at radius 1 is 1.25 bits per heavy atom. The number of fused-ring (bicyclic) bond motifs is 1. The van der Waals surface area contributed by atoms with Crippen LogP contribution in [-0.4, -0.2) is 25.3 Å². The largest absolute Gasteiger partial charge is 0.493 e. The fourth-order valence-electron chi connectivity index (χ4n) is 2.72. The van der Waals surface area contributed by atoms with Crippen molar-refractivity contribution in [2.75, 3.05) is 14.2 Å². The summed E-state index contributed by atoms with van der Waals surface area (Å²) in [5, 5.41) is 9.02. The summed E-state index contributed by atoms with van der Waals surface area (Å²) in [5.41, 5.74) is 2.88. The zero-order chi connectivity index (χ0) is 14.9. The third-order valence-electron chi connectivity index (χ3n) is 3.92. The molecule has 0 aromatic heterocycles. The van der Waals surface area contributed by atoms with Crippen molar-refractivity contribution >= 4 is 11.5 Å². The molecule has 0 aliphatic heterocycles. The standard InChI is InChI=1S/C16H20O4/c1-16(2)6-5-10(7-15(17)18)11-8-13(19-3)14(20-4)9-12(11)16/h7-9H,5-6H2,1-4H3,(H,17,18)/b10-7+. The molecule has 4 nitrogen and oxygen atoms in total. The minimum Gasteiger partial charge on any atom is -0.493 e. The summed E-state index contributed by atoms with van der Waals surface area (Å²) in [4.78, 5) is 11.0. The van der Waals surface area contributed by atoms with Crippen LogP contribution in [-0.2, 0) is 10.2 Å². The van der Waals surface area contributed by atoms with Gasteiger partial charge in [-0.2, -0.15) is 0 Å². The lowest BCUT2D eigenvalue weighted by atomic mass is 9.70. The smallest absolute Gasteiger partial charge is 0.328 e. The van der Waals surface area contributed by atoms with Gasteiger partial charge in [0, 0.05) is 6.08 Å². The van der Waals surface area contributed by atoms with Crippen molar-refractivity contribution in [1.82, 2.24) is 0 Å². The van der Waals surface area contributed by atoms with Crippen LogP contribution in [0.25, 0.3) is 5.57 Å². The highest BCUT2D eigenvalue weighted by Crippen LogP contribution is 2.46. The van der Waals surface area contributed by atoms with Crippen LogP contribution in [0.5, 0.6) is 11.5 Å². The summed E-state index contributed by atoms with van der Waals surface area (Å²) >= 11 is 0. The summed E-state index contributed by atoms with van der Waals surface area (Å²) < 4.78 is 10.7. The Labute approximate surface area is 119 Å². The first-order valence-corrected chi connectivity index (χ1v) is 6.59. The summed E-state index contributed by atoms with van der Waals surface area (Å²) in [6.45, 7) is 4.32. The number of benzene rings is 1. The molecule has 0 saturated carbocycles.